The van der Waals surface area contributed by atoms with Crippen LogP contribution in [0, 0.1) is 5.92 Å². The van der Waals surface area contributed by atoms with E-state index in [9.17, 15) is 4.79 Å². The number of ketones is 1. The molecule has 1 aliphatic carbocycles. The van der Waals surface area contributed by atoms with Crippen LogP contribution in [0.2, 0.25) is 19.6 Å². The normalized spacial score (nSPS) is 38.9. The zero-order chi connectivity index (χ0) is 15.3. The van der Waals surface area contributed by atoms with E-state index < -0.39 is 8.32 Å². The third-order valence-corrected chi connectivity index (χ3v) is 5.98. The van der Waals surface area contributed by atoms with Gasteiger partial charge in [0, 0.05) is 18.8 Å². The van der Waals surface area contributed by atoms with Gasteiger partial charge < -0.3 is 9.16 Å². The highest BCUT2D eigenvalue weighted by Gasteiger charge is 2.55. The minimum Gasteiger partial charge on any atom is -0.411 e. The number of rotatable bonds is 4. The van der Waals surface area contributed by atoms with E-state index in [4.69, 9.17) is 9.16 Å². The maximum absolute atomic E-state index is 12.0. The third-order valence-electron chi connectivity index (χ3n) is 4.96. The van der Waals surface area contributed by atoms with Gasteiger partial charge in [-0.3, -0.25) is 4.79 Å². The Morgan fingerprint density at radius 2 is 2.19 bits per heavy atom. The van der Waals surface area contributed by atoms with Crippen molar-refractivity contribution < 1.29 is 14.0 Å². The zero-order valence-corrected chi connectivity index (χ0v) is 14.8. The Hall–Kier alpha value is -0.453. The molecule has 0 spiro atoms. The summed E-state index contributed by atoms with van der Waals surface area (Å²) in [6.45, 7) is 8.41. The molecular weight excluding hydrogens is 280 g/mol. The Morgan fingerprint density at radius 1 is 1.43 bits per heavy atom. The Morgan fingerprint density at radius 3 is 2.86 bits per heavy atom. The van der Waals surface area contributed by atoms with Gasteiger partial charge in [-0.1, -0.05) is 12.5 Å². The van der Waals surface area contributed by atoms with Gasteiger partial charge in [-0.25, -0.2) is 0 Å². The molecule has 0 radical (unpaired) electrons. The van der Waals surface area contributed by atoms with E-state index in [2.05, 4.69) is 25.7 Å². The quantitative estimate of drug-likeness (QED) is 0.584. The molecule has 0 aromatic rings. The first kappa shape index (κ1) is 15.4. The topological polar surface area (TPSA) is 35.5 Å². The van der Waals surface area contributed by atoms with Gasteiger partial charge in [-0.2, -0.15) is 0 Å². The van der Waals surface area contributed by atoms with Crippen molar-refractivity contribution in [3.05, 3.63) is 11.6 Å². The van der Waals surface area contributed by atoms with Crippen LogP contribution >= 0.6 is 0 Å². The summed E-state index contributed by atoms with van der Waals surface area (Å²) in [6.07, 6.45) is 8.89. The van der Waals surface area contributed by atoms with Crippen LogP contribution in [0.1, 0.15) is 45.4 Å². The Bertz CT molecular complexity index is 465. The number of Topliss-reactive ketones (excluding diaryl/α,β-unsaturated/α-hetero) is 1. The van der Waals surface area contributed by atoms with Gasteiger partial charge >= 0.3 is 0 Å². The molecule has 3 aliphatic rings. The highest BCUT2D eigenvalue weighted by Crippen LogP contribution is 2.51. The molecular formula is C17H28O3Si. The van der Waals surface area contributed by atoms with E-state index in [1.54, 1.807) is 6.92 Å². The van der Waals surface area contributed by atoms with Crippen molar-refractivity contribution in [2.75, 3.05) is 0 Å². The second kappa shape index (κ2) is 5.32. The summed E-state index contributed by atoms with van der Waals surface area (Å²) in [6, 6.07) is 0. The van der Waals surface area contributed by atoms with Crippen molar-refractivity contribution in [1.29, 1.82) is 0 Å². The number of hydrogen-bond donors (Lipinski definition) is 0. The Kier molecular flexibility index (Phi) is 3.91. The van der Waals surface area contributed by atoms with Gasteiger partial charge in [0.25, 0.3) is 0 Å². The highest BCUT2D eigenvalue weighted by molar-refractivity contribution is 6.69. The number of carbonyl (C=O) groups is 1. The molecule has 3 nitrogen and oxygen atoms in total. The first-order chi connectivity index (χ1) is 9.79. The van der Waals surface area contributed by atoms with Gasteiger partial charge in [0.15, 0.2) is 8.32 Å². The highest BCUT2D eigenvalue weighted by atomic mass is 28.4. The maximum Gasteiger partial charge on any atom is 0.184 e. The van der Waals surface area contributed by atoms with Crippen molar-refractivity contribution in [2.24, 2.45) is 5.92 Å². The van der Waals surface area contributed by atoms with E-state index in [1.165, 1.54) is 24.8 Å². The zero-order valence-electron chi connectivity index (χ0n) is 13.8. The number of carbonyl (C=O) groups excluding carboxylic acids is 1. The molecule has 3 rings (SSSR count). The van der Waals surface area contributed by atoms with Crippen molar-refractivity contribution in [1.82, 2.24) is 0 Å². The van der Waals surface area contributed by atoms with Gasteiger partial charge in [0.1, 0.15) is 5.78 Å². The summed E-state index contributed by atoms with van der Waals surface area (Å²) in [5, 5.41) is 0. The lowest BCUT2D eigenvalue weighted by atomic mass is 9.73. The SMILES string of the molecule is CC(=O)CC1(O[Si](C)(C)C)CC2C=C3CCCCC1C3O2. The molecule has 0 N–H and O–H groups in total. The maximum atomic E-state index is 12.0. The van der Waals surface area contributed by atoms with Gasteiger partial charge in [-0.05, 0) is 51.4 Å². The smallest absolute Gasteiger partial charge is 0.184 e. The Balaban J connectivity index is 1.97. The van der Waals surface area contributed by atoms with E-state index in [0.29, 0.717) is 12.3 Å². The standard InChI is InChI=1S/C17H28O3Si/c1-12(18)10-17(20-21(2,3)4)11-14-9-13-7-5-6-8-15(17)16(13)19-14/h9,14-16H,5-8,10-11H2,1-4H3. The molecule has 0 aromatic heterocycles. The fraction of sp³-hybridized carbons (Fsp3) is 0.824. The monoisotopic (exact) mass is 308 g/mol. The molecule has 0 aromatic carbocycles. The number of hydrogen-bond acceptors (Lipinski definition) is 3. The predicted molar refractivity (Wildman–Crippen MR) is 85.8 cm³/mol. The largest absolute Gasteiger partial charge is 0.411 e. The summed E-state index contributed by atoms with van der Waals surface area (Å²) in [5.74, 6) is 0.612. The van der Waals surface area contributed by atoms with Gasteiger partial charge in [0.05, 0.1) is 17.8 Å². The second-order valence-corrected chi connectivity index (χ2v) is 12.5. The van der Waals surface area contributed by atoms with Crippen LogP contribution in [0.5, 0.6) is 0 Å². The Labute approximate surface area is 129 Å². The van der Waals surface area contributed by atoms with E-state index in [-0.39, 0.29) is 23.6 Å². The molecule has 4 heteroatoms. The average molecular weight is 308 g/mol. The van der Waals surface area contributed by atoms with Crippen molar-refractivity contribution in [2.45, 2.75) is 82.9 Å². The van der Waals surface area contributed by atoms with E-state index >= 15 is 0 Å². The fourth-order valence-corrected chi connectivity index (χ4v) is 6.12. The summed E-state index contributed by atoms with van der Waals surface area (Å²) in [4.78, 5) is 12.0. The molecule has 4 unspecified atom stereocenters. The molecule has 2 aliphatic heterocycles. The first-order valence-electron chi connectivity index (χ1n) is 8.35. The van der Waals surface area contributed by atoms with Crippen LogP contribution in [0.4, 0.5) is 0 Å². The predicted octanol–water partition coefficient (Wildman–Crippen LogP) is 3.84. The molecule has 2 heterocycles. The molecule has 4 atom stereocenters. The van der Waals surface area contributed by atoms with Crippen molar-refractivity contribution in [3.63, 3.8) is 0 Å². The van der Waals surface area contributed by atoms with Crippen LogP contribution in [0.3, 0.4) is 0 Å². The van der Waals surface area contributed by atoms with Crippen LogP contribution in [0.25, 0.3) is 0 Å². The first-order valence-corrected chi connectivity index (χ1v) is 11.8. The molecule has 0 amide bonds. The summed E-state index contributed by atoms with van der Waals surface area (Å²) in [5.41, 5.74) is 1.19. The third kappa shape index (κ3) is 3.03. The lowest BCUT2D eigenvalue weighted by Crippen LogP contribution is -2.57. The lowest BCUT2D eigenvalue weighted by Gasteiger charge is -2.50. The summed E-state index contributed by atoms with van der Waals surface area (Å²) >= 11 is 0. The van der Waals surface area contributed by atoms with Crippen LogP contribution in [-0.2, 0) is 14.0 Å². The van der Waals surface area contributed by atoms with Gasteiger partial charge in [-0.15, -0.1) is 0 Å². The summed E-state index contributed by atoms with van der Waals surface area (Å²) in [7, 11) is -1.72. The molecule has 1 saturated heterocycles. The minimum atomic E-state index is -1.72. The number of ether oxygens (including phenoxy) is 1. The summed E-state index contributed by atoms with van der Waals surface area (Å²) < 4.78 is 12.9. The van der Waals surface area contributed by atoms with Crippen LogP contribution < -0.4 is 0 Å². The molecule has 21 heavy (non-hydrogen) atoms. The van der Waals surface area contributed by atoms with Crippen LogP contribution in [-0.4, -0.2) is 31.9 Å². The minimum absolute atomic E-state index is 0.162. The fourth-order valence-electron chi connectivity index (χ4n) is 4.60. The molecule has 2 bridgehead atoms. The second-order valence-electron chi connectivity index (χ2n) is 8.05. The molecule has 1 saturated carbocycles. The molecule has 2 fully saturated rings. The average Bonchev–Trinajstić information content (AvgIpc) is 2.50. The lowest BCUT2D eigenvalue weighted by molar-refractivity contribution is -0.154. The van der Waals surface area contributed by atoms with Gasteiger partial charge in [0.2, 0.25) is 0 Å². The van der Waals surface area contributed by atoms with Crippen molar-refractivity contribution >= 4 is 14.1 Å². The molecule has 118 valence electrons. The number of fused-ring (bicyclic) bond motifs is 1. The van der Waals surface area contributed by atoms with Crippen LogP contribution in [0.15, 0.2) is 11.6 Å². The van der Waals surface area contributed by atoms with E-state index in [1.807, 2.05) is 0 Å². The van der Waals surface area contributed by atoms with Crippen molar-refractivity contribution in [3.8, 4) is 0 Å². The van der Waals surface area contributed by atoms with E-state index in [0.717, 1.165) is 12.8 Å².